The van der Waals surface area contributed by atoms with Crippen LogP contribution < -0.4 is 20.1 Å². The number of ether oxygens (including phenoxy) is 5. The highest BCUT2D eigenvalue weighted by atomic mass is 32.2. The molecule has 2 saturated heterocycles. The zero-order valence-electron chi connectivity index (χ0n) is 28.9. The van der Waals surface area contributed by atoms with Gasteiger partial charge in [0.25, 0.3) is 0 Å². The van der Waals surface area contributed by atoms with Crippen LogP contribution in [-0.2, 0) is 41.8 Å². The molecule has 0 radical (unpaired) electrons. The second-order valence-electron chi connectivity index (χ2n) is 13.4. The molecule has 0 aromatic heterocycles. The lowest BCUT2D eigenvalue weighted by Gasteiger charge is -2.26. The number of nitrogens with zero attached hydrogens (tertiary/aromatic N) is 2. The number of carbonyl (C=O) groups is 1. The summed E-state index contributed by atoms with van der Waals surface area (Å²) in [6.45, 7) is 6.70. The summed E-state index contributed by atoms with van der Waals surface area (Å²) in [5, 5.41) is 28.6. The van der Waals surface area contributed by atoms with Crippen molar-refractivity contribution in [2.45, 2.75) is 88.5 Å². The van der Waals surface area contributed by atoms with Crippen LogP contribution >= 0.6 is 0 Å². The van der Waals surface area contributed by atoms with Crippen LogP contribution in [0.1, 0.15) is 51.2 Å². The molecule has 276 valence electrons. The number of hydrogen-bond acceptors (Lipinski definition) is 10. The van der Waals surface area contributed by atoms with Crippen LogP contribution in [0.4, 0.5) is 4.79 Å². The van der Waals surface area contributed by atoms with E-state index in [0.29, 0.717) is 30.8 Å². The molecule has 0 spiro atoms. The van der Waals surface area contributed by atoms with Crippen LogP contribution in [-0.4, -0.2) is 94.0 Å². The predicted octanol–water partition coefficient (Wildman–Crippen LogP) is 2.80. The fourth-order valence-electron chi connectivity index (χ4n) is 5.82. The fraction of sp³-hybridized carbons (Fsp3) is 0.576. The number of methoxy groups -OCH3 is 2. The number of alkyl carbamates (subject to hydrolysis) is 1. The monoisotopic (exact) mass is 722 g/mol. The number of amides is 1. The number of fused-ring (bicyclic) bond motifs is 1. The van der Waals surface area contributed by atoms with E-state index < -0.39 is 57.9 Å². The Hall–Kier alpha value is -4.03. The van der Waals surface area contributed by atoms with Crippen molar-refractivity contribution in [1.29, 1.82) is 0 Å². The van der Waals surface area contributed by atoms with Crippen molar-refractivity contribution in [2.24, 2.45) is 16.4 Å². The summed E-state index contributed by atoms with van der Waals surface area (Å²) in [6, 6.07) is 12.3. The summed E-state index contributed by atoms with van der Waals surface area (Å²) in [5.74, 6) is 0.266. The Bertz CT molecular complexity index is 1590. The van der Waals surface area contributed by atoms with Crippen molar-refractivity contribution in [2.75, 3.05) is 27.4 Å². The van der Waals surface area contributed by atoms with Gasteiger partial charge in [-0.1, -0.05) is 51.1 Å². The number of sulfonamides is 1. The van der Waals surface area contributed by atoms with Crippen LogP contribution in [0.25, 0.3) is 0 Å². The standard InChI is InChI=1S/C33H47N5O11S/c1-33(2,3)15-13-29(35-31(46-5)36-38(41)42)37-50(43,44)23-11-12-27(45-4)22(18-23)19-26(39)25(17-21-9-7-6-8-10-21)34-32(40)49-28-20-48-30-24(28)14-16-47-30/h6-12,18,24-26,28-30,37,39H,13-17,19-20H2,1-5H3,(H2-,34,35,36,40,41,42)/p+1/t24-,25-,26+,28-,29?,30+/m0/s1. The molecule has 0 aliphatic carbocycles. The summed E-state index contributed by atoms with van der Waals surface area (Å²) < 4.78 is 57.3. The molecule has 5 N–H and O–H groups in total. The SMILES string of the molecule is CO/C(=N\[N+](=O)O)NC(CCC(C)(C)C)NS(=O)(=O)c1ccc(OC)c(C[C@@H](O)[C@H](Cc2ccccc2)NC(=O)O[C@H]2CO[C@H]3OCC[C@H]32)c1. The Morgan fingerprint density at radius 2 is 1.84 bits per heavy atom. The van der Waals surface area contributed by atoms with E-state index in [0.717, 1.165) is 5.56 Å². The maximum atomic E-state index is 13.7. The molecule has 6 atom stereocenters. The number of benzene rings is 2. The topological polar surface area (TPSA) is 206 Å². The normalized spacial score (nSPS) is 21.1. The first-order valence-corrected chi connectivity index (χ1v) is 17.8. The molecule has 50 heavy (non-hydrogen) atoms. The van der Waals surface area contributed by atoms with Crippen molar-refractivity contribution < 1.29 is 52.2 Å². The summed E-state index contributed by atoms with van der Waals surface area (Å²) in [5.41, 5.74) is 1.05. The van der Waals surface area contributed by atoms with E-state index >= 15 is 0 Å². The van der Waals surface area contributed by atoms with E-state index in [1.54, 1.807) is 0 Å². The van der Waals surface area contributed by atoms with Crippen molar-refractivity contribution in [3.8, 4) is 5.75 Å². The second kappa shape index (κ2) is 17.3. The van der Waals surface area contributed by atoms with Gasteiger partial charge in [0.1, 0.15) is 16.8 Å². The Balaban J connectivity index is 1.54. The lowest BCUT2D eigenvalue weighted by molar-refractivity contribution is -0.797. The summed E-state index contributed by atoms with van der Waals surface area (Å²) in [6.07, 6.45) is -2.07. The van der Waals surface area contributed by atoms with Crippen molar-refractivity contribution in [3.05, 3.63) is 64.6 Å². The van der Waals surface area contributed by atoms with Gasteiger partial charge in [-0.25, -0.2) is 18.4 Å². The van der Waals surface area contributed by atoms with Crippen molar-refractivity contribution in [3.63, 3.8) is 0 Å². The van der Waals surface area contributed by atoms with E-state index in [4.69, 9.17) is 28.9 Å². The first-order chi connectivity index (χ1) is 23.7. The van der Waals surface area contributed by atoms with Gasteiger partial charge in [-0.15, -0.1) is 0 Å². The molecule has 1 amide bonds. The molecule has 17 heteroatoms. The van der Waals surface area contributed by atoms with Gasteiger partial charge in [0.15, 0.2) is 11.4 Å². The number of rotatable bonds is 15. The van der Waals surface area contributed by atoms with Crippen LogP contribution in [0, 0.1) is 16.2 Å². The summed E-state index contributed by atoms with van der Waals surface area (Å²) in [7, 11) is -1.60. The Kier molecular flexibility index (Phi) is 13.4. The number of amidine groups is 1. The van der Waals surface area contributed by atoms with Gasteiger partial charge >= 0.3 is 17.1 Å². The van der Waals surface area contributed by atoms with E-state index in [-0.39, 0.29) is 42.1 Å². The molecule has 0 bridgehead atoms. The predicted molar refractivity (Wildman–Crippen MR) is 180 cm³/mol. The minimum absolute atomic E-state index is 0.0616. The number of aliphatic hydroxyl groups excluding tert-OH is 1. The molecule has 0 saturated carbocycles. The molecular weight excluding hydrogens is 674 g/mol. The van der Waals surface area contributed by atoms with Gasteiger partial charge < -0.3 is 39.4 Å². The summed E-state index contributed by atoms with van der Waals surface area (Å²) in [4.78, 5) is 24.1. The minimum Gasteiger partial charge on any atom is -0.496 e. The molecule has 16 nitrogen and oxygen atoms in total. The van der Waals surface area contributed by atoms with Crippen molar-refractivity contribution >= 4 is 22.1 Å². The molecule has 2 aliphatic rings. The number of aliphatic hydroxyl groups is 1. The maximum Gasteiger partial charge on any atom is 0.407 e. The van der Waals surface area contributed by atoms with Crippen LogP contribution in [0.5, 0.6) is 5.75 Å². The smallest absolute Gasteiger partial charge is 0.407 e. The zero-order valence-corrected chi connectivity index (χ0v) is 29.7. The van der Waals surface area contributed by atoms with Gasteiger partial charge in [0.05, 0.1) is 56.6 Å². The van der Waals surface area contributed by atoms with Crippen LogP contribution in [0.15, 0.2) is 58.5 Å². The summed E-state index contributed by atoms with van der Waals surface area (Å²) >= 11 is 0. The number of hydrogen-bond donors (Lipinski definition) is 5. The molecule has 2 aromatic carbocycles. The highest BCUT2D eigenvalue weighted by Gasteiger charge is 2.44. The fourth-order valence-corrected chi connectivity index (χ4v) is 7.05. The maximum absolute atomic E-state index is 13.7. The average molecular weight is 723 g/mol. The first-order valence-electron chi connectivity index (χ1n) is 16.3. The van der Waals surface area contributed by atoms with Gasteiger partial charge in [0.2, 0.25) is 10.0 Å². The van der Waals surface area contributed by atoms with Gasteiger partial charge in [-0.2, -0.15) is 4.72 Å². The third-order valence-corrected chi connectivity index (χ3v) is 9.92. The lowest BCUT2D eigenvalue weighted by Crippen LogP contribution is -2.49. The van der Waals surface area contributed by atoms with Crippen LogP contribution in [0.2, 0.25) is 0 Å². The Morgan fingerprint density at radius 1 is 1.10 bits per heavy atom. The van der Waals surface area contributed by atoms with E-state index in [1.165, 1.54) is 32.4 Å². The molecular formula is C33H48N5O11S+. The minimum atomic E-state index is -4.23. The number of nitrogens with one attached hydrogen (secondary N) is 3. The first kappa shape index (κ1) is 38.8. The van der Waals surface area contributed by atoms with E-state index in [1.807, 2.05) is 51.1 Å². The van der Waals surface area contributed by atoms with Gasteiger partial charge in [-0.3, -0.25) is 0 Å². The number of hydrazone groups is 1. The molecule has 2 fully saturated rings. The molecule has 2 aliphatic heterocycles. The Morgan fingerprint density at radius 3 is 2.50 bits per heavy atom. The second-order valence-corrected chi connectivity index (χ2v) is 15.1. The molecule has 1 unspecified atom stereocenters. The Labute approximate surface area is 292 Å². The largest absolute Gasteiger partial charge is 0.496 e. The van der Waals surface area contributed by atoms with Gasteiger partial charge in [-0.05, 0) is 60.4 Å². The lowest BCUT2D eigenvalue weighted by atomic mass is 9.90. The van der Waals surface area contributed by atoms with E-state index in [2.05, 4.69) is 20.5 Å². The van der Waals surface area contributed by atoms with Crippen LogP contribution in [0.3, 0.4) is 0 Å². The number of carbonyl (C=O) groups excluding carboxylic acids is 1. The third kappa shape index (κ3) is 11.2. The quantitative estimate of drug-likeness (QED) is 0.0779. The highest BCUT2D eigenvalue weighted by molar-refractivity contribution is 7.89. The average Bonchev–Trinajstić information content (AvgIpc) is 3.68. The van der Waals surface area contributed by atoms with Gasteiger partial charge in [0, 0.05) is 6.42 Å². The third-order valence-electron chi connectivity index (χ3n) is 8.45. The molecule has 2 aromatic rings. The molecule has 2 heterocycles. The van der Waals surface area contributed by atoms with E-state index in [9.17, 15) is 23.2 Å². The highest BCUT2D eigenvalue weighted by Crippen LogP contribution is 2.33. The molecule has 4 rings (SSSR count). The zero-order chi connectivity index (χ0) is 36.5. The van der Waals surface area contributed by atoms with Crippen molar-refractivity contribution in [1.82, 2.24) is 15.4 Å².